The van der Waals surface area contributed by atoms with Gasteiger partial charge in [0.15, 0.2) is 18.1 Å². The Morgan fingerprint density at radius 3 is 2.72 bits per heavy atom. The Labute approximate surface area is 149 Å². The van der Waals surface area contributed by atoms with Crippen molar-refractivity contribution in [3.63, 3.8) is 0 Å². The summed E-state index contributed by atoms with van der Waals surface area (Å²) in [6, 6.07) is 9.54. The predicted molar refractivity (Wildman–Crippen MR) is 90.8 cm³/mol. The second kappa shape index (κ2) is 7.61. The van der Waals surface area contributed by atoms with Crippen molar-refractivity contribution in [1.29, 1.82) is 0 Å². The molecule has 0 fully saturated rings. The highest BCUT2D eigenvalue weighted by molar-refractivity contribution is 6.30. The molecule has 2 aromatic carbocycles. The van der Waals surface area contributed by atoms with E-state index in [4.69, 9.17) is 25.8 Å². The molecule has 0 spiro atoms. The molecular formula is C18H17ClFNO4. The summed E-state index contributed by atoms with van der Waals surface area (Å²) in [6.45, 7) is 1.29. The molecule has 0 aromatic heterocycles. The average Bonchev–Trinajstić information content (AvgIpc) is 2.62. The summed E-state index contributed by atoms with van der Waals surface area (Å²) in [5.41, 5.74) is 0.921. The SMILES string of the molecule is CN(Cc1ccc2c(c1)OCCO2)C(=O)COc1ccc(F)c(Cl)c1. The normalized spacial score (nSPS) is 12.6. The zero-order chi connectivity index (χ0) is 17.8. The lowest BCUT2D eigenvalue weighted by Crippen LogP contribution is -2.31. The third-order valence-corrected chi connectivity index (χ3v) is 4.00. The van der Waals surface area contributed by atoms with E-state index >= 15 is 0 Å². The zero-order valence-corrected chi connectivity index (χ0v) is 14.4. The van der Waals surface area contributed by atoms with Crippen molar-refractivity contribution < 1.29 is 23.4 Å². The fourth-order valence-corrected chi connectivity index (χ4v) is 2.54. The molecule has 0 unspecified atom stereocenters. The maximum atomic E-state index is 13.1. The van der Waals surface area contributed by atoms with Gasteiger partial charge in [-0.15, -0.1) is 0 Å². The van der Waals surface area contributed by atoms with E-state index in [1.54, 1.807) is 7.05 Å². The molecular weight excluding hydrogens is 349 g/mol. The Morgan fingerprint density at radius 1 is 1.20 bits per heavy atom. The van der Waals surface area contributed by atoms with Crippen molar-refractivity contribution in [2.24, 2.45) is 0 Å². The van der Waals surface area contributed by atoms with Crippen LogP contribution in [0.15, 0.2) is 36.4 Å². The molecule has 0 radical (unpaired) electrons. The van der Waals surface area contributed by atoms with Crippen LogP contribution in [0, 0.1) is 5.82 Å². The van der Waals surface area contributed by atoms with Crippen LogP contribution in [0.5, 0.6) is 17.2 Å². The number of amides is 1. The molecule has 2 aromatic rings. The third kappa shape index (κ3) is 4.33. The van der Waals surface area contributed by atoms with Crippen molar-refractivity contribution in [3.05, 3.63) is 52.8 Å². The highest BCUT2D eigenvalue weighted by Gasteiger charge is 2.15. The summed E-state index contributed by atoms with van der Waals surface area (Å²) >= 11 is 5.68. The van der Waals surface area contributed by atoms with E-state index in [-0.39, 0.29) is 17.5 Å². The van der Waals surface area contributed by atoms with Gasteiger partial charge in [-0.3, -0.25) is 4.79 Å². The Hall–Kier alpha value is -2.47. The van der Waals surface area contributed by atoms with Crippen molar-refractivity contribution in [1.82, 2.24) is 4.90 Å². The van der Waals surface area contributed by atoms with Gasteiger partial charge >= 0.3 is 0 Å². The van der Waals surface area contributed by atoms with Crippen molar-refractivity contribution in [3.8, 4) is 17.2 Å². The van der Waals surface area contributed by atoms with Gasteiger partial charge in [0.1, 0.15) is 24.8 Å². The summed E-state index contributed by atoms with van der Waals surface area (Å²) in [4.78, 5) is 13.7. The standard InChI is InChI=1S/C18H17ClFNO4/c1-21(10-12-2-5-16-17(8-12)24-7-6-23-16)18(22)11-25-13-3-4-15(20)14(19)9-13/h2-5,8-9H,6-7,10-11H2,1H3. The quantitative estimate of drug-likeness (QED) is 0.815. The summed E-state index contributed by atoms with van der Waals surface area (Å²) in [6.07, 6.45) is 0. The molecule has 25 heavy (non-hydrogen) atoms. The smallest absolute Gasteiger partial charge is 0.260 e. The molecule has 3 rings (SSSR count). The van der Waals surface area contributed by atoms with Gasteiger partial charge in [-0.1, -0.05) is 17.7 Å². The van der Waals surface area contributed by atoms with Crippen LogP contribution in [-0.2, 0) is 11.3 Å². The molecule has 0 aliphatic carbocycles. The van der Waals surface area contributed by atoms with E-state index in [0.717, 1.165) is 5.56 Å². The minimum atomic E-state index is -0.531. The summed E-state index contributed by atoms with van der Waals surface area (Å²) in [5, 5.41) is -0.0467. The Kier molecular flexibility index (Phi) is 5.28. The van der Waals surface area contributed by atoms with Gasteiger partial charge in [-0.25, -0.2) is 4.39 Å². The van der Waals surface area contributed by atoms with Crippen LogP contribution in [-0.4, -0.2) is 37.7 Å². The number of carbonyl (C=O) groups excluding carboxylic acids is 1. The first-order chi connectivity index (χ1) is 12.0. The highest BCUT2D eigenvalue weighted by Crippen LogP contribution is 2.31. The van der Waals surface area contributed by atoms with E-state index < -0.39 is 5.82 Å². The average molecular weight is 366 g/mol. The number of hydrogen-bond donors (Lipinski definition) is 0. The highest BCUT2D eigenvalue weighted by atomic mass is 35.5. The van der Waals surface area contributed by atoms with Gasteiger partial charge < -0.3 is 19.1 Å². The van der Waals surface area contributed by atoms with Gasteiger partial charge in [0.2, 0.25) is 0 Å². The lowest BCUT2D eigenvalue weighted by atomic mass is 10.2. The second-order valence-corrected chi connectivity index (χ2v) is 6.00. The Morgan fingerprint density at radius 2 is 1.96 bits per heavy atom. The minimum absolute atomic E-state index is 0.0467. The number of hydrogen-bond acceptors (Lipinski definition) is 4. The van der Waals surface area contributed by atoms with Crippen LogP contribution in [0.3, 0.4) is 0 Å². The molecule has 132 valence electrons. The maximum absolute atomic E-state index is 13.1. The Bertz CT molecular complexity index is 784. The van der Waals surface area contributed by atoms with Crippen molar-refractivity contribution in [2.45, 2.75) is 6.54 Å². The van der Waals surface area contributed by atoms with E-state index in [0.29, 0.717) is 37.0 Å². The molecule has 0 atom stereocenters. The van der Waals surface area contributed by atoms with Gasteiger partial charge in [-0.2, -0.15) is 0 Å². The monoisotopic (exact) mass is 365 g/mol. The number of halogens is 2. The topological polar surface area (TPSA) is 48.0 Å². The van der Waals surface area contributed by atoms with E-state index in [2.05, 4.69) is 0 Å². The van der Waals surface area contributed by atoms with Gasteiger partial charge in [0.25, 0.3) is 5.91 Å². The molecule has 1 heterocycles. The molecule has 5 nitrogen and oxygen atoms in total. The van der Waals surface area contributed by atoms with Crippen LogP contribution < -0.4 is 14.2 Å². The van der Waals surface area contributed by atoms with Gasteiger partial charge in [0, 0.05) is 19.7 Å². The van der Waals surface area contributed by atoms with Crippen LogP contribution in [0.25, 0.3) is 0 Å². The number of carbonyl (C=O) groups is 1. The molecule has 0 saturated carbocycles. The molecule has 0 bridgehead atoms. The maximum Gasteiger partial charge on any atom is 0.260 e. The lowest BCUT2D eigenvalue weighted by molar-refractivity contribution is -0.132. The number of ether oxygens (including phenoxy) is 3. The Balaban J connectivity index is 1.56. The van der Waals surface area contributed by atoms with E-state index in [1.807, 2.05) is 18.2 Å². The second-order valence-electron chi connectivity index (χ2n) is 5.59. The first-order valence-electron chi connectivity index (χ1n) is 7.73. The molecule has 0 N–H and O–H groups in total. The number of rotatable bonds is 5. The molecule has 0 saturated heterocycles. The molecule has 1 aliphatic rings. The minimum Gasteiger partial charge on any atom is -0.486 e. The fourth-order valence-electron chi connectivity index (χ4n) is 2.37. The van der Waals surface area contributed by atoms with Crippen molar-refractivity contribution in [2.75, 3.05) is 26.9 Å². The number of fused-ring (bicyclic) bond motifs is 1. The van der Waals surface area contributed by atoms with Crippen LogP contribution in [0.2, 0.25) is 5.02 Å². The van der Waals surface area contributed by atoms with Crippen molar-refractivity contribution >= 4 is 17.5 Å². The fraction of sp³-hybridized carbons (Fsp3) is 0.278. The molecule has 7 heteroatoms. The lowest BCUT2D eigenvalue weighted by Gasteiger charge is -2.21. The third-order valence-electron chi connectivity index (χ3n) is 3.71. The number of nitrogens with zero attached hydrogens (tertiary/aromatic N) is 1. The summed E-state index contributed by atoms with van der Waals surface area (Å²) < 4.78 is 29.5. The van der Waals surface area contributed by atoms with Gasteiger partial charge in [0.05, 0.1) is 5.02 Å². The van der Waals surface area contributed by atoms with Crippen LogP contribution in [0.1, 0.15) is 5.56 Å². The number of benzene rings is 2. The summed E-state index contributed by atoms with van der Waals surface area (Å²) in [5.74, 6) is 0.987. The summed E-state index contributed by atoms with van der Waals surface area (Å²) in [7, 11) is 1.68. The zero-order valence-electron chi connectivity index (χ0n) is 13.6. The predicted octanol–water partition coefficient (Wildman–Crippen LogP) is 3.29. The van der Waals surface area contributed by atoms with E-state index in [1.165, 1.54) is 23.1 Å². The van der Waals surface area contributed by atoms with Crippen LogP contribution in [0.4, 0.5) is 4.39 Å². The first-order valence-corrected chi connectivity index (χ1v) is 8.11. The van der Waals surface area contributed by atoms with Gasteiger partial charge in [-0.05, 0) is 29.8 Å². The van der Waals surface area contributed by atoms with Crippen LogP contribution >= 0.6 is 11.6 Å². The first kappa shape index (κ1) is 17.4. The number of likely N-dealkylation sites (N-methyl/N-ethyl adjacent to an activating group) is 1. The molecule has 1 amide bonds. The largest absolute Gasteiger partial charge is 0.486 e. The molecule has 1 aliphatic heterocycles. The van der Waals surface area contributed by atoms with E-state index in [9.17, 15) is 9.18 Å².